The standard InChI is InChI=1S/C19H21F3N2O3S/c1-27-17-6-4-16(5-7-17)24-12-10-15(11-13-24)23-28(25,26)18-8-2-14(3-9-18)19(20,21)22/h2-9,15,23H,10-13H2,1H3. The molecule has 3 rings (SSSR count). The summed E-state index contributed by atoms with van der Waals surface area (Å²) in [5, 5.41) is 0. The van der Waals surface area contributed by atoms with Gasteiger partial charge in [0.15, 0.2) is 0 Å². The molecule has 9 heteroatoms. The number of halogens is 3. The second-order valence-electron chi connectivity index (χ2n) is 6.60. The first-order chi connectivity index (χ1) is 13.2. The monoisotopic (exact) mass is 414 g/mol. The third-order valence-electron chi connectivity index (χ3n) is 4.75. The Balaban J connectivity index is 1.60. The van der Waals surface area contributed by atoms with Gasteiger partial charge in [-0.05, 0) is 61.4 Å². The van der Waals surface area contributed by atoms with Gasteiger partial charge in [-0.25, -0.2) is 13.1 Å². The highest BCUT2D eigenvalue weighted by atomic mass is 32.2. The lowest BCUT2D eigenvalue weighted by Crippen LogP contribution is -2.44. The van der Waals surface area contributed by atoms with Gasteiger partial charge in [-0.3, -0.25) is 0 Å². The first-order valence-corrected chi connectivity index (χ1v) is 10.3. The van der Waals surface area contributed by atoms with Crippen LogP contribution in [0.1, 0.15) is 18.4 Å². The van der Waals surface area contributed by atoms with E-state index in [1.807, 2.05) is 24.3 Å². The fraction of sp³-hybridized carbons (Fsp3) is 0.368. The van der Waals surface area contributed by atoms with E-state index in [9.17, 15) is 21.6 Å². The van der Waals surface area contributed by atoms with Crippen molar-refractivity contribution >= 4 is 15.7 Å². The smallest absolute Gasteiger partial charge is 0.416 e. The van der Waals surface area contributed by atoms with Gasteiger partial charge in [0.1, 0.15) is 5.75 Å². The molecule has 1 fully saturated rings. The Labute approximate surface area is 162 Å². The summed E-state index contributed by atoms with van der Waals surface area (Å²) in [6, 6.07) is 10.9. The van der Waals surface area contributed by atoms with Crippen molar-refractivity contribution in [1.29, 1.82) is 0 Å². The Bertz CT molecular complexity index is 890. The number of hydrogen-bond acceptors (Lipinski definition) is 4. The lowest BCUT2D eigenvalue weighted by molar-refractivity contribution is -0.137. The number of benzene rings is 2. The number of anilines is 1. The molecular weight excluding hydrogens is 393 g/mol. The average Bonchev–Trinajstić information content (AvgIpc) is 2.68. The second kappa shape index (κ2) is 8.00. The average molecular weight is 414 g/mol. The van der Waals surface area contributed by atoms with Crippen LogP contribution < -0.4 is 14.4 Å². The van der Waals surface area contributed by atoms with Crippen LogP contribution in [-0.2, 0) is 16.2 Å². The Kier molecular flexibility index (Phi) is 5.85. The van der Waals surface area contributed by atoms with E-state index in [1.165, 1.54) is 0 Å². The van der Waals surface area contributed by atoms with Crippen molar-refractivity contribution in [3.8, 4) is 5.75 Å². The summed E-state index contributed by atoms with van der Waals surface area (Å²) in [7, 11) is -2.27. The predicted octanol–water partition coefficient (Wildman–Crippen LogP) is 3.66. The first kappa shape index (κ1) is 20.5. The highest BCUT2D eigenvalue weighted by Crippen LogP contribution is 2.30. The molecule has 5 nitrogen and oxygen atoms in total. The van der Waals surface area contributed by atoms with E-state index in [4.69, 9.17) is 4.74 Å². The van der Waals surface area contributed by atoms with E-state index in [0.29, 0.717) is 25.9 Å². The summed E-state index contributed by atoms with van der Waals surface area (Å²) in [4.78, 5) is 1.99. The number of rotatable bonds is 5. The minimum atomic E-state index is -4.50. The Morgan fingerprint density at radius 2 is 1.57 bits per heavy atom. The Morgan fingerprint density at radius 3 is 2.07 bits per heavy atom. The molecule has 1 saturated heterocycles. The van der Waals surface area contributed by atoms with Gasteiger partial charge >= 0.3 is 6.18 Å². The van der Waals surface area contributed by atoms with Crippen LogP contribution in [0.15, 0.2) is 53.4 Å². The van der Waals surface area contributed by atoms with Gasteiger partial charge in [0.05, 0.1) is 17.6 Å². The maximum Gasteiger partial charge on any atom is 0.416 e. The number of nitrogens with zero attached hydrogens (tertiary/aromatic N) is 1. The van der Waals surface area contributed by atoms with Gasteiger partial charge in [-0.15, -0.1) is 0 Å². The highest BCUT2D eigenvalue weighted by Gasteiger charge is 2.31. The third-order valence-corrected chi connectivity index (χ3v) is 6.28. The van der Waals surface area contributed by atoms with Crippen LogP contribution in [0.4, 0.5) is 18.9 Å². The zero-order valence-corrected chi connectivity index (χ0v) is 16.1. The van der Waals surface area contributed by atoms with E-state index in [2.05, 4.69) is 9.62 Å². The van der Waals surface area contributed by atoms with E-state index in [0.717, 1.165) is 35.7 Å². The number of ether oxygens (including phenoxy) is 1. The maximum atomic E-state index is 12.6. The third kappa shape index (κ3) is 4.77. The zero-order valence-electron chi connectivity index (χ0n) is 15.2. The summed E-state index contributed by atoms with van der Waals surface area (Å²) < 4.78 is 70.6. The van der Waals surface area contributed by atoms with E-state index in [1.54, 1.807) is 7.11 Å². The quantitative estimate of drug-likeness (QED) is 0.811. The summed E-state index contributed by atoms with van der Waals surface area (Å²) in [5.41, 5.74) is 0.157. The van der Waals surface area contributed by atoms with Gasteiger partial charge < -0.3 is 9.64 Å². The van der Waals surface area contributed by atoms with E-state index >= 15 is 0 Å². The fourth-order valence-electron chi connectivity index (χ4n) is 3.16. The van der Waals surface area contributed by atoms with Crippen molar-refractivity contribution in [2.75, 3.05) is 25.1 Å². The zero-order chi connectivity index (χ0) is 20.4. The van der Waals surface area contributed by atoms with Gasteiger partial charge in [0.25, 0.3) is 0 Å². The molecule has 1 aliphatic rings. The molecule has 0 bridgehead atoms. The van der Waals surface area contributed by atoms with Crippen molar-refractivity contribution in [3.63, 3.8) is 0 Å². The van der Waals surface area contributed by atoms with Crippen molar-refractivity contribution in [2.24, 2.45) is 0 Å². The highest BCUT2D eigenvalue weighted by molar-refractivity contribution is 7.89. The Morgan fingerprint density at radius 1 is 1.00 bits per heavy atom. The van der Waals surface area contributed by atoms with E-state index < -0.39 is 21.8 Å². The number of methoxy groups -OCH3 is 1. The van der Waals surface area contributed by atoms with Crippen LogP contribution in [0, 0.1) is 0 Å². The molecule has 0 amide bonds. The van der Waals surface area contributed by atoms with Crippen LogP contribution in [-0.4, -0.2) is 34.7 Å². The number of nitrogens with one attached hydrogen (secondary N) is 1. The number of piperidine rings is 1. The number of sulfonamides is 1. The molecule has 0 unspecified atom stereocenters. The molecule has 1 aliphatic heterocycles. The summed E-state index contributed by atoms with van der Waals surface area (Å²) in [6.07, 6.45) is -3.29. The van der Waals surface area contributed by atoms with Crippen molar-refractivity contribution in [2.45, 2.75) is 30.0 Å². The summed E-state index contributed by atoms with van der Waals surface area (Å²) in [5.74, 6) is 0.767. The maximum absolute atomic E-state index is 12.6. The molecule has 0 saturated carbocycles. The molecule has 1 N–H and O–H groups in total. The molecule has 152 valence electrons. The first-order valence-electron chi connectivity index (χ1n) is 8.77. The second-order valence-corrected chi connectivity index (χ2v) is 8.32. The predicted molar refractivity (Wildman–Crippen MR) is 100.0 cm³/mol. The molecule has 0 aliphatic carbocycles. The van der Waals surface area contributed by atoms with Crippen molar-refractivity contribution in [1.82, 2.24) is 4.72 Å². The molecule has 2 aromatic rings. The molecule has 0 aromatic heterocycles. The fourth-order valence-corrected chi connectivity index (χ4v) is 4.46. The van der Waals surface area contributed by atoms with E-state index in [-0.39, 0.29) is 10.9 Å². The molecule has 28 heavy (non-hydrogen) atoms. The van der Waals surface area contributed by atoms with Crippen LogP contribution in [0.25, 0.3) is 0 Å². The molecule has 2 aromatic carbocycles. The normalized spacial score (nSPS) is 16.2. The van der Waals surface area contributed by atoms with Gasteiger partial charge in [0, 0.05) is 24.8 Å². The minimum Gasteiger partial charge on any atom is -0.497 e. The van der Waals surface area contributed by atoms with Gasteiger partial charge in [-0.2, -0.15) is 13.2 Å². The van der Waals surface area contributed by atoms with Gasteiger partial charge in [0.2, 0.25) is 10.0 Å². The Hall–Kier alpha value is -2.26. The summed E-state index contributed by atoms with van der Waals surface area (Å²) >= 11 is 0. The minimum absolute atomic E-state index is 0.168. The molecular formula is C19H21F3N2O3S. The number of alkyl halides is 3. The molecule has 0 radical (unpaired) electrons. The topological polar surface area (TPSA) is 58.6 Å². The van der Waals surface area contributed by atoms with Crippen molar-refractivity contribution < 1.29 is 26.3 Å². The van der Waals surface area contributed by atoms with Crippen LogP contribution in [0.5, 0.6) is 5.75 Å². The number of hydrogen-bond donors (Lipinski definition) is 1. The lowest BCUT2D eigenvalue weighted by atomic mass is 10.1. The van der Waals surface area contributed by atoms with Gasteiger partial charge in [-0.1, -0.05) is 0 Å². The van der Waals surface area contributed by atoms with Crippen LogP contribution in [0.3, 0.4) is 0 Å². The van der Waals surface area contributed by atoms with Crippen LogP contribution >= 0.6 is 0 Å². The van der Waals surface area contributed by atoms with Crippen LogP contribution in [0.2, 0.25) is 0 Å². The molecule has 0 spiro atoms. The lowest BCUT2D eigenvalue weighted by Gasteiger charge is -2.33. The SMILES string of the molecule is COc1ccc(N2CCC(NS(=O)(=O)c3ccc(C(F)(F)F)cc3)CC2)cc1. The molecule has 1 heterocycles. The molecule has 0 atom stereocenters. The van der Waals surface area contributed by atoms with Crippen molar-refractivity contribution in [3.05, 3.63) is 54.1 Å². The summed E-state index contributed by atoms with van der Waals surface area (Å²) in [6.45, 7) is 1.35. The largest absolute Gasteiger partial charge is 0.497 e.